The zero-order valence-corrected chi connectivity index (χ0v) is 12.6. The first-order chi connectivity index (χ1) is 11.2. The number of fused-ring (bicyclic) bond motifs is 2. The van der Waals surface area contributed by atoms with Gasteiger partial charge in [-0.25, -0.2) is 9.88 Å². The van der Waals surface area contributed by atoms with E-state index in [9.17, 15) is 9.59 Å². The van der Waals surface area contributed by atoms with Crippen molar-refractivity contribution in [1.82, 2.24) is 4.98 Å². The minimum absolute atomic E-state index is 0.303. The summed E-state index contributed by atoms with van der Waals surface area (Å²) in [6.45, 7) is 2.05. The van der Waals surface area contributed by atoms with Gasteiger partial charge >= 0.3 is 0 Å². The molecule has 0 fully saturated rings. The SMILES string of the molecule is CCCc1nc2cc(N3C(=O)c4ccccc4C3=O)ccc2o1. The van der Waals surface area contributed by atoms with Gasteiger partial charge in [-0.2, -0.15) is 0 Å². The van der Waals surface area contributed by atoms with Crippen LogP contribution in [0.3, 0.4) is 0 Å². The van der Waals surface area contributed by atoms with E-state index >= 15 is 0 Å². The van der Waals surface area contributed by atoms with Crippen LogP contribution in [0, 0.1) is 0 Å². The summed E-state index contributed by atoms with van der Waals surface area (Å²) in [6, 6.07) is 12.0. The Kier molecular flexibility index (Phi) is 3.01. The molecule has 0 bridgehead atoms. The van der Waals surface area contributed by atoms with E-state index in [2.05, 4.69) is 11.9 Å². The molecule has 2 amide bonds. The Morgan fingerprint density at radius 1 is 1.04 bits per heavy atom. The average Bonchev–Trinajstić information content (AvgIpc) is 3.07. The first-order valence-electron chi connectivity index (χ1n) is 7.56. The molecule has 23 heavy (non-hydrogen) atoms. The van der Waals surface area contributed by atoms with Crippen molar-refractivity contribution in [2.24, 2.45) is 0 Å². The summed E-state index contributed by atoms with van der Waals surface area (Å²) < 4.78 is 5.64. The number of aryl methyl sites for hydroxylation is 1. The lowest BCUT2D eigenvalue weighted by Gasteiger charge is -2.13. The topological polar surface area (TPSA) is 63.4 Å². The summed E-state index contributed by atoms with van der Waals surface area (Å²) in [4.78, 5) is 30.6. The molecule has 0 saturated carbocycles. The van der Waals surface area contributed by atoms with Crippen LogP contribution in [0.25, 0.3) is 11.1 Å². The molecule has 0 atom stereocenters. The summed E-state index contributed by atoms with van der Waals surface area (Å²) >= 11 is 0. The van der Waals surface area contributed by atoms with Crippen LogP contribution in [-0.2, 0) is 6.42 Å². The molecule has 0 aliphatic carbocycles. The second kappa shape index (κ2) is 5.05. The molecule has 2 heterocycles. The van der Waals surface area contributed by atoms with Gasteiger partial charge in [0, 0.05) is 6.42 Å². The monoisotopic (exact) mass is 306 g/mol. The van der Waals surface area contributed by atoms with E-state index in [0.717, 1.165) is 12.8 Å². The van der Waals surface area contributed by atoms with Crippen molar-refractivity contribution in [2.75, 3.05) is 4.90 Å². The minimum Gasteiger partial charge on any atom is -0.441 e. The van der Waals surface area contributed by atoms with Gasteiger partial charge in [-0.1, -0.05) is 19.1 Å². The van der Waals surface area contributed by atoms with Gasteiger partial charge in [0.15, 0.2) is 11.5 Å². The first kappa shape index (κ1) is 13.7. The summed E-state index contributed by atoms with van der Waals surface area (Å²) in [7, 11) is 0. The molecule has 0 N–H and O–H groups in total. The number of oxazole rings is 1. The Hall–Kier alpha value is -2.95. The van der Waals surface area contributed by atoms with Crippen LogP contribution in [-0.4, -0.2) is 16.8 Å². The number of aromatic nitrogens is 1. The highest BCUT2D eigenvalue weighted by Gasteiger charge is 2.36. The van der Waals surface area contributed by atoms with Gasteiger partial charge in [-0.3, -0.25) is 9.59 Å². The molecule has 0 saturated heterocycles. The molecule has 0 radical (unpaired) electrons. The zero-order chi connectivity index (χ0) is 16.0. The quantitative estimate of drug-likeness (QED) is 0.694. The number of anilines is 1. The fourth-order valence-electron chi connectivity index (χ4n) is 2.85. The van der Waals surface area contributed by atoms with Gasteiger partial charge in [-0.05, 0) is 36.8 Å². The average molecular weight is 306 g/mol. The van der Waals surface area contributed by atoms with Gasteiger partial charge in [0.25, 0.3) is 11.8 Å². The van der Waals surface area contributed by atoms with Crippen LogP contribution in [0.1, 0.15) is 40.0 Å². The van der Waals surface area contributed by atoms with E-state index in [0.29, 0.717) is 33.8 Å². The molecule has 114 valence electrons. The fourth-order valence-corrected chi connectivity index (χ4v) is 2.85. The molecule has 0 spiro atoms. The third-order valence-corrected chi connectivity index (χ3v) is 3.93. The highest BCUT2D eigenvalue weighted by Crippen LogP contribution is 2.30. The number of hydrogen-bond acceptors (Lipinski definition) is 4. The maximum absolute atomic E-state index is 12.5. The van der Waals surface area contributed by atoms with Crippen molar-refractivity contribution in [3.63, 3.8) is 0 Å². The Bertz CT molecular complexity index is 907. The van der Waals surface area contributed by atoms with E-state index in [1.807, 2.05) is 0 Å². The lowest BCUT2D eigenvalue weighted by Crippen LogP contribution is -2.29. The van der Waals surface area contributed by atoms with Gasteiger partial charge in [0.2, 0.25) is 0 Å². The maximum Gasteiger partial charge on any atom is 0.266 e. The van der Waals surface area contributed by atoms with E-state index in [4.69, 9.17) is 4.42 Å². The third-order valence-electron chi connectivity index (χ3n) is 3.93. The van der Waals surface area contributed by atoms with E-state index in [1.165, 1.54) is 4.90 Å². The van der Waals surface area contributed by atoms with Crippen molar-refractivity contribution >= 4 is 28.6 Å². The standard InChI is InChI=1S/C18H14N2O3/c1-2-5-16-19-14-10-11(8-9-15(14)23-16)20-17(21)12-6-3-4-7-13(12)18(20)22/h3-4,6-10H,2,5H2,1H3. The molecule has 4 rings (SSSR count). The predicted octanol–water partition coefficient (Wildman–Crippen LogP) is 3.58. The van der Waals surface area contributed by atoms with Crippen molar-refractivity contribution in [3.8, 4) is 0 Å². The summed E-state index contributed by atoms with van der Waals surface area (Å²) in [5.41, 5.74) is 2.70. The fraction of sp³-hybridized carbons (Fsp3) is 0.167. The highest BCUT2D eigenvalue weighted by molar-refractivity contribution is 6.34. The summed E-state index contributed by atoms with van der Waals surface area (Å²) in [5.74, 6) is 0.0615. The largest absolute Gasteiger partial charge is 0.441 e. The Morgan fingerprint density at radius 2 is 1.74 bits per heavy atom. The predicted molar refractivity (Wildman–Crippen MR) is 85.6 cm³/mol. The number of benzene rings is 2. The summed E-state index contributed by atoms with van der Waals surface area (Å²) in [5, 5.41) is 0. The second-order valence-electron chi connectivity index (χ2n) is 5.50. The van der Waals surface area contributed by atoms with E-state index < -0.39 is 0 Å². The molecule has 1 aromatic heterocycles. The van der Waals surface area contributed by atoms with Gasteiger partial charge in [0.1, 0.15) is 5.52 Å². The van der Waals surface area contributed by atoms with Crippen LogP contribution in [0.5, 0.6) is 0 Å². The number of rotatable bonds is 3. The lowest BCUT2D eigenvalue weighted by atomic mass is 10.1. The van der Waals surface area contributed by atoms with Crippen molar-refractivity contribution in [3.05, 3.63) is 59.5 Å². The minimum atomic E-state index is -0.303. The first-order valence-corrected chi connectivity index (χ1v) is 7.56. The molecule has 1 aliphatic rings. The van der Waals surface area contributed by atoms with Gasteiger partial charge < -0.3 is 4.42 Å². The second-order valence-corrected chi connectivity index (χ2v) is 5.50. The van der Waals surface area contributed by atoms with E-state index in [-0.39, 0.29) is 11.8 Å². The third kappa shape index (κ3) is 2.04. The molecule has 3 aromatic rings. The number of hydrogen-bond donors (Lipinski definition) is 0. The van der Waals surface area contributed by atoms with Crippen LogP contribution in [0.15, 0.2) is 46.9 Å². The van der Waals surface area contributed by atoms with E-state index in [1.54, 1.807) is 42.5 Å². The maximum atomic E-state index is 12.5. The molecular formula is C18H14N2O3. The molecule has 5 nitrogen and oxygen atoms in total. The summed E-state index contributed by atoms with van der Waals surface area (Å²) in [6.07, 6.45) is 1.70. The zero-order valence-electron chi connectivity index (χ0n) is 12.6. The number of carbonyl (C=O) groups excluding carboxylic acids is 2. The Morgan fingerprint density at radius 3 is 2.39 bits per heavy atom. The lowest BCUT2D eigenvalue weighted by molar-refractivity contribution is 0.0926. The van der Waals surface area contributed by atoms with Crippen LogP contribution >= 0.6 is 0 Å². The molecule has 5 heteroatoms. The highest BCUT2D eigenvalue weighted by atomic mass is 16.3. The van der Waals surface area contributed by atoms with Gasteiger partial charge in [0.05, 0.1) is 16.8 Å². The number of imide groups is 1. The molecular weight excluding hydrogens is 292 g/mol. The molecule has 0 unspecified atom stereocenters. The number of nitrogens with zero attached hydrogens (tertiary/aromatic N) is 2. The Labute approximate surface area is 132 Å². The Balaban J connectivity index is 1.78. The smallest absolute Gasteiger partial charge is 0.266 e. The van der Waals surface area contributed by atoms with Crippen molar-refractivity contribution in [2.45, 2.75) is 19.8 Å². The van der Waals surface area contributed by atoms with Crippen molar-refractivity contribution in [1.29, 1.82) is 0 Å². The van der Waals surface area contributed by atoms with Crippen LogP contribution in [0.2, 0.25) is 0 Å². The number of carbonyl (C=O) groups is 2. The molecule has 2 aromatic carbocycles. The van der Waals surface area contributed by atoms with Crippen molar-refractivity contribution < 1.29 is 14.0 Å². The van der Waals surface area contributed by atoms with Crippen LogP contribution < -0.4 is 4.90 Å². The normalized spacial score (nSPS) is 13.9. The number of amides is 2. The van der Waals surface area contributed by atoms with Crippen LogP contribution in [0.4, 0.5) is 5.69 Å². The molecule has 1 aliphatic heterocycles. The van der Waals surface area contributed by atoms with Gasteiger partial charge in [-0.15, -0.1) is 0 Å².